The SMILES string of the molecule is CCCNC(Cc1cc(Br)ccc1F)CC1(OC)CCC1. The first kappa shape index (κ1) is 16.9. The second-order valence-electron chi connectivity index (χ2n) is 6.04. The molecule has 0 aromatic heterocycles. The zero-order valence-corrected chi connectivity index (χ0v) is 14.5. The molecule has 1 aromatic carbocycles. The summed E-state index contributed by atoms with van der Waals surface area (Å²) in [5.74, 6) is -0.124. The van der Waals surface area contributed by atoms with Crippen LogP contribution in [0.5, 0.6) is 0 Å². The molecule has 1 saturated carbocycles. The van der Waals surface area contributed by atoms with E-state index in [0.29, 0.717) is 6.42 Å². The fourth-order valence-electron chi connectivity index (χ4n) is 3.04. The van der Waals surface area contributed by atoms with Crippen molar-refractivity contribution in [2.24, 2.45) is 0 Å². The summed E-state index contributed by atoms with van der Waals surface area (Å²) < 4.78 is 20.6. The summed E-state index contributed by atoms with van der Waals surface area (Å²) in [6, 6.07) is 5.42. The van der Waals surface area contributed by atoms with Gasteiger partial charge in [-0.3, -0.25) is 0 Å². The molecule has 21 heavy (non-hydrogen) atoms. The maximum Gasteiger partial charge on any atom is 0.126 e. The monoisotopic (exact) mass is 357 g/mol. The number of hydrogen-bond donors (Lipinski definition) is 1. The normalized spacial score (nSPS) is 18.3. The highest BCUT2D eigenvalue weighted by Crippen LogP contribution is 2.39. The molecular formula is C17H25BrFNO. The third kappa shape index (κ3) is 4.51. The van der Waals surface area contributed by atoms with Gasteiger partial charge in [0, 0.05) is 17.6 Å². The first-order valence-corrected chi connectivity index (χ1v) is 8.60. The van der Waals surface area contributed by atoms with Crippen LogP contribution in [0.25, 0.3) is 0 Å². The number of benzene rings is 1. The Hall–Kier alpha value is -0.450. The molecule has 1 fully saturated rings. The Labute approximate surface area is 135 Å². The van der Waals surface area contributed by atoms with Gasteiger partial charge in [-0.15, -0.1) is 0 Å². The molecule has 0 heterocycles. The maximum absolute atomic E-state index is 14.0. The molecule has 0 amide bonds. The largest absolute Gasteiger partial charge is 0.378 e. The summed E-state index contributed by atoms with van der Waals surface area (Å²) >= 11 is 3.43. The zero-order chi connectivity index (χ0) is 15.3. The van der Waals surface area contributed by atoms with Gasteiger partial charge in [-0.2, -0.15) is 0 Å². The topological polar surface area (TPSA) is 21.3 Å². The van der Waals surface area contributed by atoms with Crippen molar-refractivity contribution in [1.29, 1.82) is 0 Å². The van der Waals surface area contributed by atoms with Crippen LogP contribution < -0.4 is 5.32 Å². The highest BCUT2D eigenvalue weighted by molar-refractivity contribution is 9.10. The smallest absolute Gasteiger partial charge is 0.126 e. The van der Waals surface area contributed by atoms with Crippen LogP contribution in [-0.2, 0) is 11.2 Å². The summed E-state index contributed by atoms with van der Waals surface area (Å²) in [6.07, 6.45) is 6.21. The zero-order valence-electron chi connectivity index (χ0n) is 12.9. The van der Waals surface area contributed by atoms with Gasteiger partial charge in [0.15, 0.2) is 0 Å². The number of methoxy groups -OCH3 is 1. The van der Waals surface area contributed by atoms with Crippen LogP contribution in [0.2, 0.25) is 0 Å². The molecule has 0 bridgehead atoms. The van der Waals surface area contributed by atoms with E-state index in [4.69, 9.17) is 4.74 Å². The van der Waals surface area contributed by atoms with Crippen LogP contribution in [0, 0.1) is 5.82 Å². The molecule has 2 rings (SSSR count). The van der Waals surface area contributed by atoms with E-state index < -0.39 is 0 Å². The van der Waals surface area contributed by atoms with Gasteiger partial charge >= 0.3 is 0 Å². The molecule has 1 aliphatic rings. The number of halogens is 2. The predicted octanol–water partition coefficient (Wildman–Crippen LogP) is 4.46. The van der Waals surface area contributed by atoms with Crippen LogP contribution in [-0.4, -0.2) is 25.3 Å². The summed E-state index contributed by atoms with van der Waals surface area (Å²) in [5.41, 5.74) is 0.775. The van der Waals surface area contributed by atoms with E-state index >= 15 is 0 Å². The highest BCUT2D eigenvalue weighted by atomic mass is 79.9. The third-order valence-corrected chi connectivity index (χ3v) is 4.97. The highest BCUT2D eigenvalue weighted by Gasteiger charge is 2.39. The van der Waals surface area contributed by atoms with Crippen molar-refractivity contribution in [3.05, 3.63) is 34.1 Å². The Balaban J connectivity index is 2.06. The van der Waals surface area contributed by atoms with Crippen molar-refractivity contribution in [3.63, 3.8) is 0 Å². The Morgan fingerprint density at radius 3 is 2.76 bits per heavy atom. The second kappa shape index (κ2) is 7.70. The Morgan fingerprint density at radius 1 is 1.43 bits per heavy atom. The molecule has 118 valence electrons. The fourth-order valence-corrected chi connectivity index (χ4v) is 3.45. The number of nitrogens with one attached hydrogen (secondary N) is 1. The Kier molecular flexibility index (Phi) is 6.20. The van der Waals surface area contributed by atoms with Gasteiger partial charge in [-0.05, 0) is 68.8 Å². The average Bonchev–Trinajstić information content (AvgIpc) is 2.43. The molecule has 0 aliphatic heterocycles. The fraction of sp³-hybridized carbons (Fsp3) is 0.647. The summed E-state index contributed by atoms with van der Waals surface area (Å²) in [7, 11) is 1.80. The number of rotatable bonds is 8. The number of hydrogen-bond acceptors (Lipinski definition) is 2. The van der Waals surface area contributed by atoms with E-state index in [1.54, 1.807) is 13.2 Å². The van der Waals surface area contributed by atoms with Gasteiger partial charge in [-0.25, -0.2) is 4.39 Å². The van der Waals surface area contributed by atoms with Crippen molar-refractivity contribution in [3.8, 4) is 0 Å². The van der Waals surface area contributed by atoms with Crippen molar-refractivity contribution in [1.82, 2.24) is 5.32 Å². The average molecular weight is 358 g/mol. The van der Waals surface area contributed by atoms with Crippen molar-refractivity contribution in [2.45, 2.75) is 57.1 Å². The van der Waals surface area contributed by atoms with E-state index in [1.165, 1.54) is 12.5 Å². The van der Waals surface area contributed by atoms with Crippen LogP contribution in [0.15, 0.2) is 22.7 Å². The molecule has 1 aliphatic carbocycles. The first-order valence-electron chi connectivity index (χ1n) is 7.81. The minimum atomic E-state index is -0.124. The van der Waals surface area contributed by atoms with E-state index in [2.05, 4.69) is 28.2 Å². The van der Waals surface area contributed by atoms with Gasteiger partial charge in [-0.1, -0.05) is 22.9 Å². The van der Waals surface area contributed by atoms with Crippen LogP contribution in [0.1, 0.15) is 44.6 Å². The van der Waals surface area contributed by atoms with Crippen molar-refractivity contribution < 1.29 is 9.13 Å². The molecule has 0 saturated heterocycles. The lowest BCUT2D eigenvalue weighted by Gasteiger charge is -2.43. The van der Waals surface area contributed by atoms with E-state index in [1.807, 2.05) is 6.07 Å². The van der Waals surface area contributed by atoms with E-state index in [-0.39, 0.29) is 17.5 Å². The van der Waals surface area contributed by atoms with Crippen LogP contribution >= 0.6 is 15.9 Å². The van der Waals surface area contributed by atoms with Gasteiger partial charge in [0.2, 0.25) is 0 Å². The molecule has 0 radical (unpaired) electrons. The summed E-state index contributed by atoms with van der Waals surface area (Å²) in [4.78, 5) is 0. The minimum absolute atomic E-state index is 0.00783. The van der Waals surface area contributed by atoms with E-state index in [0.717, 1.165) is 42.3 Å². The van der Waals surface area contributed by atoms with Gasteiger partial charge in [0.25, 0.3) is 0 Å². The first-order chi connectivity index (χ1) is 10.1. The lowest BCUT2D eigenvalue weighted by Crippen LogP contribution is -2.46. The molecule has 1 N–H and O–H groups in total. The summed E-state index contributed by atoms with van der Waals surface area (Å²) in [5, 5.41) is 3.56. The van der Waals surface area contributed by atoms with Crippen molar-refractivity contribution >= 4 is 15.9 Å². The standard InChI is InChI=1S/C17H25BrFNO/c1-3-9-20-15(12-17(21-2)7-4-8-17)11-13-10-14(18)5-6-16(13)19/h5-6,10,15,20H,3-4,7-9,11-12H2,1-2H3. The van der Waals surface area contributed by atoms with Gasteiger partial charge < -0.3 is 10.1 Å². The van der Waals surface area contributed by atoms with Gasteiger partial charge in [0.1, 0.15) is 5.82 Å². The molecule has 4 heteroatoms. The second-order valence-corrected chi connectivity index (χ2v) is 6.95. The molecule has 2 nitrogen and oxygen atoms in total. The van der Waals surface area contributed by atoms with E-state index in [9.17, 15) is 4.39 Å². The number of ether oxygens (including phenoxy) is 1. The Morgan fingerprint density at radius 2 is 2.19 bits per heavy atom. The quantitative estimate of drug-likeness (QED) is 0.741. The van der Waals surface area contributed by atoms with Crippen molar-refractivity contribution in [2.75, 3.05) is 13.7 Å². The molecule has 0 spiro atoms. The van der Waals surface area contributed by atoms with Gasteiger partial charge in [0.05, 0.1) is 5.60 Å². The lowest BCUT2D eigenvalue weighted by molar-refractivity contribution is -0.0834. The minimum Gasteiger partial charge on any atom is -0.378 e. The lowest BCUT2D eigenvalue weighted by atomic mass is 9.75. The van der Waals surface area contributed by atoms with Crippen LogP contribution in [0.3, 0.4) is 0 Å². The molecule has 1 atom stereocenters. The maximum atomic E-state index is 14.0. The summed E-state index contributed by atoms with van der Waals surface area (Å²) in [6.45, 7) is 3.11. The predicted molar refractivity (Wildman–Crippen MR) is 88.1 cm³/mol. The molecular weight excluding hydrogens is 333 g/mol. The third-order valence-electron chi connectivity index (χ3n) is 4.47. The molecule has 1 unspecified atom stereocenters. The Bertz CT molecular complexity index is 457. The van der Waals surface area contributed by atoms with Crippen LogP contribution in [0.4, 0.5) is 4.39 Å². The molecule has 1 aromatic rings.